The third-order valence-corrected chi connectivity index (χ3v) is 4.54. The van der Waals surface area contributed by atoms with E-state index in [9.17, 15) is 14.0 Å². The molecule has 1 atom stereocenters. The fourth-order valence-corrected chi connectivity index (χ4v) is 3.11. The Kier molecular flexibility index (Phi) is 5.51. The van der Waals surface area contributed by atoms with Crippen molar-refractivity contribution in [1.82, 2.24) is 4.90 Å². The van der Waals surface area contributed by atoms with Crippen LogP contribution in [0.3, 0.4) is 0 Å². The summed E-state index contributed by atoms with van der Waals surface area (Å²) in [6.07, 6.45) is 1.71. The number of benzene rings is 2. The molecule has 136 valence electrons. The molecule has 0 aromatic heterocycles. The summed E-state index contributed by atoms with van der Waals surface area (Å²) in [6, 6.07) is 12.4. The molecule has 5 nitrogen and oxygen atoms in total. The topological polar surface area (TPSA) is 66.8 Å². The van der Waals surface area contributed by atoms with Crippen LogP contribution in [0.1, 0.15) is 22.3 Å². The van der Waals surface area contributed by atoms with E-state index < -0.39 is 5.97 Å². The Labute approximate surface area is 151 Å². The van der Waals surface area contributed by atoms with Crippen LogP contribution in [0.4, 0.5) is 4.39 Å². The Morgan fingerprint density at radius 3 is 2.46 bits per heavy atom. The number of amides is 1. The second kappa shape index (κ2) is 7.99. The van der Waals surface area contributed by atoms with Gasteiger partial charge >= 0.3 is 5.97 Å². The number of hydrogen-bond donors (Lipinski definition) is 1. The van der Waals surface area contributed by atoms with Crippen molar-refractivity contribution in [1.29, 1.82) is 0 Å². The van der Waals surface area contributed by atoms with Gasteiger partial charge < -0.3 is 14.7 Å². The SMILES string of the molecule is O=C(O)c1ccc(C[C@@H]2CCN(C(=O)COc3ccc(F)cc3)C2)cc1. The average Bonchev–Trinajstić information content (AvgIpc) is 3.10. The van der Waals surface area contributed by atoms with Crippen LogP contribution in [0.25, 0.3) is 0 Å². The van der Waals surface area contributed by atoms with Crippen LogP contribution < -0.4 is 4.74 Å². The number of carboxylic acids is 1. The molecule has 1 fully saturated rings. The maximum atomic E-state index is 12.9. The molecule has 1 saturated heterocycles. The van der Waals surface area contributed by atoms with Crippen molar-refractivity contribution < 1.29 is 23.8 Å². The van der Waals surface area contributed by atoms with Gasteiger partial charge in [0.25, 0.3) is 5.91 Å². The summed E-state index contributed by atoms with van der Waals surface area (Å²) < 4.78 is 18.3. The second-order valence-electron chi connectivity index (χ2n) is 6.44. The van der Waals surface area contributed by atoms with Gasteiger partial charge in [0.15, 0.2) is 6.61 Å². The predicted molar refractivity (Wildman–Crippen MR) is 93.7 cm³/mol. The number of likely N-dealkylation sites (tertiary alicyclic amines) is 1. The van der Waals surface area contributed by atoms with Gasteiger partial charge in [0.05, 0.1) is 5.56 Å². The molecule has 0 saturated carbocycles. The van der Waals surface area contributed by atoms with E-state index in [-0.39, 0.29) is 23.9 Å². The smallest absolute Gasteiger partial charge is 0.335 e. The van der Waals surface area contributed by atoms with Crippen LogP contribution in [0.5, 0.6) is 5.75 Å². The molecule has 0 unspecified atom stereocenters. The van der Waals surface area contributed by atoms with Gasteiger partial charge in [0.2, 0.25) is 0 Å². The Morgan fingerprint density at radius 2 is 1.81 bits per heavy atom. The number of aromatic carboxylic acids is 1. The van der Waals surface area contributed by atoms with Crippen molar-refractivity contribution in [3.05, 3.63) is 65.5 Å². The van der Waals surface area contributed by atoms with E-state index >= 15 is 0 Å². The first kappa shape index (κ1) is 17.9. The monoisotopic (exact) mass is 357 g/mol. The molecule has 0 bridgehead atoms. The molecule has 26 heavy (non-hydrogen) atoms. The van der Waals surface area contributed by atoms with Crippen LogP contribution in [-0.4, -0.2) is 41.6 Å². The molecular formula is C20H20FNO4. The molecular weight excluding hydrogens is 337 g/mol. The highest BCUT2D eigenvalue weighted by molar-refractivity contribution is 5.87. The Morgan fingerprint density at radius 1 is 1.12 bits per heavy atom. The summed E-state index contributed by atoms with van der Waals surface area (Å²) in [6.45, 7) is 1.28. The van der Waals surface area contributed by atoms with E-state index in [1.807, 2.05) is 12.1 Å². The summed E-state index contributed by atoms with van der Waals surface area (Å²) in [7, 11) is 0. The molecule has 0 radical (unpaired) electrons. The van der Waals surface area contributed by atoms with E-state index in [0.29, 0.717) is 24.8 Å². The molecule has 1 aliphatic heterocycles. The maximum absolute atomic E-state index is 12.9. The highest BCUT2D eigenvalue weighted by Gasteiger charge is 2.26. The molecule has 1 heterocycles. The number of carboxylic acid groups (broad SMARTS) is 1. The van der Waals surface area contributed by atoms with Gasteiger partial charge in [0.1, 0.15) is 11.6 Å². The molecule has 1 N–H and O–H groups in total. The molecule has 3 rings (SSSR count). The van der Waals surface area contributed by atoms with E-state index in [1.165, 1.54) is 24.3 Å². The summed E-state index contributed by atoms with van der Waals surface area (Å²) in [4.78, 5) is 24.9. The summed E-state index contributed by atoms with van der Waals surface area (Å²) in [5.74, 6) is -0.551. The van der Waals surface area contributed by atoms with Crippen molar-refractivity contribution in [2.24, 2.45) is 5.92 Å². The van der Waals surface area contributed by atoms with Crippen molar-refractivity contribution >= 4 is 11.9 Å². The van der Waals surface area contributed by atoms with Gasteiger partial charge in [-0.2, -0.15) is 0 Å². The van der Waals surface area contributed by atoms with Crippen molar-refractivity contribution in [3.63, 3.8) is 0 Å². The standard InChI is InChI=1S/C20H20FNO4/c21-17-5-7-18(8-6-17)26-13-19(23)22-10-9-15(12-22)11-14-1-3-16(4-2-14)20(24)25/h1-8,15H,9-13H2,(H,24,25)/t15-/m0/s1. The Balaban J connectivity index is 1.47. The van der Waals surface area contributed by atoms with E-state index in [2.05, 4.69) is 0 Å². The first-order chi connectivity index (χ1) is 12.5. The number of carbonyl (C=O) groups is 2. The molecule has 2 aromatic rings. The van der Waals surface area contributed by atoms with Gasteiger partial charge in [-0.3, -0.25) is 4.79 Å². The zero-order chi connectivity index (χ0) is 18.5. The molecule has 0 aliphatic carbocycles. The van der Waals surface area contributed by atoms with Gasteiger partial charge in [-0.15, -0.1) is 0 Å². The van der Waals surface area contributed by atoms with Crippen molar-refractivity contribution in [3.8, 4) is 5.75 Å². The third kappa shape index (κ3) is 4.59. The van der Waals surface area contributed by atoms with Crippen LogP contribution >= 0.6 is 0 Å². The Hall–Kier alpha value is -2.89. The van der Waals surface area contributed by atoms with E-state index in [4.69, 9.17) is 9.84 Å². The summed E-state index contributed by atoms with van der Waals surface area (Å²) >= 11 is 0. The predicted octanol–water partition coefficient (Wildman–Crippen LogP) is 2.99. The molecule has 6 heteroatoms. The van der Waals surface area contributed by atoms with Gasteiger partial charge in [-0.05, 0) is 60.7 Å². The van der Waals surface area contributed by atoms with E-state index in [0.717, 1.165) is 18.4 Å². The summed E-state index contributed by atoms with van der Waals surface area (Å²) in [5.41, 5.74) is 1.34. The lowest BCUT2D eigenvalue weighted by Crippen LogP contribution is -2.33. The fraction of sp³-hybridized carbons (Fsp3) is 0.300. The molecule has 1 aliphatic rings. The lowest BCUT2D eigenvalue weighted by atomic mass is 9.98. The molecule has 2 aromatic carbocycles. The first-order valence-corrected chi connectivity index (χ1v) is 8.49. The minimum Gasteiger partial charge on any atom is -0.484 e. The highest BCUT2D eigenvalue weighted by atomic mass is 19.1. The third-order valence-electron chi connectivity index (χ3n) is 4.54. The zero-order valence-corrected chi connectivity index (χ0v) is 14.2. The number of halogens is 1. The number of carbonyl (C=O) groups excluding carboxylic acids is 1. The largest absolute Gasteiger partial charge is 0.484 e. The number of ether oxygens (including phenoxy) is 1. The summed E-state index contributed by atoms with van der Waals surface area (Å²) in [5, 5.41) is 8.93. The molecule has 1 amide bonds. The van der Waals surface area contributed by atoms with Crippen LogP contribution in [-0.2, 0) is 11.2 Å². The van der Waals surface area contributed by atoms with Gasteiger partial charge in [-0.1, -0.05) is 12.1 Å². The average molecular weight is 357 g/mol. The second-order valence-corrected chi connectivity index (χ2v) is 6.44. The minimum atomic E-state index is -0.935. The first-order valence-electron chi connectivity index (χ1n) is 8.49. The lowest BCUT2D eigenvalue weighted by molar-refractivity contribution is -0.132. The maximum Gasteiger partial charge on any atom is 0.335 e. The number of nitrogens with zero attached hydrogens (tertiary/aromatic N) is 1. The van der Waals surface area contributed by atoms with Crippen LogP contribution in [0.2, 0.25) is 0 Å². The number of hydrogen-bond acceptors (Lipinski definition) is 3. The van der Waals surface area contributed by atoms with Crippen LogP contribution in [0, 0.1) is 11.7 Å². The quantitative estimate of drug-likeness (QED) is 0.863. The molecule has 0 spiro atoms. The normalized spacial score (nSPS) is 16.5. The van der Waals surface area contributed by atoms with Crippen LogP contribution in [0.15, 0.2) is 48.5 Å². The Bertz CT molecular complexity index is 773. The number of rotatable bonds is 6. The fourth-order valence-electron chi connectivity index (χ4n) is 3.11. The minimum absolute atomic E-state index is 0.0638. The van der Waals surface area contributed by atoms with E-state index in [1.54, 1.807) is 17.0 Å². The highest BCUT2D eigenvalue weighted by Crippen LogP contribution is 2.21. The van der Waals surface area contributed by atoms with Gasteiger partial charge in [-0.25, -0.2) is 9.18 Å². The van der Waals surface area contributed by atoms with Gasteiger partial charge in [0, 0.05) is 13.1 Å². The zero-order valence-electron chi connectivity index (χ0n) is 14.2. The van der Waals surface area contributed by atoms with Crippen molar-refractivity contribution in [2.45, 2.75) is 12.8 Å². The van der Waals surface area contributed by atoms with Crippen molar-refractivity contribution in [2.75, 3.05) is 19.7 Å². The lowest BCUT2D eigenvalue weighted by Gasteiger charge is -2.17.